The van der Waals surface area contributed by atoms with Crippen LogP contribution in [-0.2, 0) is 9.47 Å². The molecule has 1 N–H and O–H groups in total. The highest BCUT2D eigenvalue weighted by Gasteiger charge is 2.80. The molecule has 0 amide bonds. The molecule has 0 aromatic heterocycles. The molecule has 2 aromatic rings. The van der Waals surface area contributed by atoms with E-state index in [4.69, 9.17) is 29.1 Å². The first-order valence-corrected chi connectivity index (χ1v) is 10.4. The summed E-state index contributed by atoms with van der Waals surface area (Å²) in [6, 6.07) is 18.0. The Bertz CT molecular complexity index is 1280. The molecule has 2 aliphatic rings. The number of nitriles is 3. The van der Waals surface area contributed by atoms with Gasteiger partial charge in [0.15, 0.2) is 5.41 Å². The van der Waals surface area contributed by atoms with Crippen LogP contribution in [0.5, 0.6) is 17.2 Å². The van der Waals surface area contributed by atoms with Crippen molar-refractivity contribution >= 4 is 5.90 Å². The van der Waals surface area contributed by atoms with E-state index in [0.717, 1.165) is 0 Å². The lowest BCUT2D eigenvalue weighted by atomic mass is 9.52. The molecule has 172 valence electrons. The smallest absolute Gasteiger partial charge is 0.219 e. The summed E-state index contributed by atoms with van der Waals surface area (Å²) in [6.45, 7) is 1.60. The highest BCUT2D eigenvalue weighted by Crippen LogP contribution is 2.70. The van der Waals surface area contributed by atoms with Gasteiger partial charge >= 0.3 is 0 Å². The lowest BCUT2D eigenvalue weighted by Gasteiger charge is -2.49. The molecule has 34 heavy (non-hydrogen) atoms. The standard InChI is InChI=1S/C25H22N4O5/c1-23-20(16-7-5-6-8-18(16)31-3)25(14-28,22(29)34-23)24(12-26,13-27)21(33-23)17-10-9-15(30-2)11-19(17)32-4/h5-11,20-21,29H,1-4H3. The average Bonchev–Trinajstić information content (AvgIpc) is 3.05. The fourth-order valence-corrected chi connectivity index (χ4v) is 5.17. The van der Waals surface area contributed by atoms with E-state index >= 15 is 0 Å². The van der Waals surface area contributed by atoms with E-state index in [1.165, 1.54) is 21.3 Å². The van der Waals surface area contributed by atoms with E-state index in [2.05, 4.69) is 6.07 Å². The Balaban J connectivity index is 2.05. The second kappa shape index (κ2) is 7.95. The summed E-state index contributed by atoms with van der Waals surface area (Å²) < 4.78 is 28.6. The molecule has 2 aromatic carbocycles. The van der Waals surface area contributed by atoms with Gasteiger partial charge in [-0.3, -0.25) is 5.41 Å². The first-order chi connectivity index (χ1) is 16.3. The summed E-state index contributed by atoms with van der Waals surface area (Å²) in [5, 5.41) is 40.3. The van der Waals surface area contributed by atoms with Crippen molar-refractivity contribution in [3.63, 3.8) is 0 Å². The molecule has 0 spiro atoms. The minimum Gasteiger partial charge on any atom is -0.497 e. The SMILES string of the molecule is COc1ccc(C2OC3(C)OC(=N)C(C#N)(C3c3ccccc3OC)C2(C#N)C#N)c(OC)c1. The number of fused-ring (bicyclic) bond motifs is 2. The fourth-order valence-electron chi connectivity index (χ4n) is 5.17. The second-order valence-electron chi connectivity index (χ2n) is 8.18. The van der Waals surface area contributed by atoms with Gasteiger partial charge in [-0.25, -0.2) is 0 Å². The molecule has 2 aliphatic heterocycles. The van der Waals surface area contributed by atoms with Gasteiger partial charge in [-0.2, -0.15) is 15.8 Å². The zero-order valence-corrected chi connectivity index (χ0v) is 19.1. The minimum absolute atomic E-state index is 0.303. The predicted octanol–water partition coefficient (Wildman–Crippen LogP) is 3.83. The maximum absolute atomic E-state index is 10.6. The number of para-hydroxylation sites is 1. The van der Waals surface area contributed by atoms with Crippen LogP contribution in [0.3, 0.4) is 0 Å². The number of nitrogens with one attached hydrogen (secondary N) is 1. The maximum Gasteiger partial charge on any atom is 0.219 e. The predicted molar refractivity (Wildman–Crippen MR) is 118 cm³/mol. The lowest BCUT2D eigenvalue weighted by Crippen LogP contribution is -2.57. The average molecular weight is 458 g/mol. The Labute approximate surface area is 197 Å². The Morgan fingerprint density at radius 3 is 2.15 bits per heavy atom. The number of methoxy groups -OCH3 is 3. The highest BCUT2D eigenvalue weighted by molar-refractivity contribution is 5.91. The molecule has 2 bridgehead atoms. The number of benzene rings is 2. The van der Waals surface area contributed by atoms with E-state index in [0.29, 0.717) is 28.4 Å². The zero-order chi connectivity index (χ0) is 24.7. The van der Waals surface area contributed by atoms with Crippen molar-refractivity contribution in [2.75, 3.05) is 21.3 Å². The molecule has 2 heterocycles. The molecular weight excluding hydrogens is 436 g/mol. The van der Waals surface area contributed by atoms with Crippen LogP contribution in [0.15, 0.2) is 42.5 Å². The summed E-state index contributed by atoms with van der Waals surface area (Å²) in [5.41, 5.74) is -3.32. The molecule has 9 heteroatoms. The van der Waals surface area contributed by atoms with Gasteiger partial charge in [-0.05, 0) is 18.2 Å². The molecule has 4 unspecified atom stereocenters. The summed E-state index contributed by atoms with van der Waals surface area (Å²) in [7, 11) is 4.41. The third-order valence-electron chi connectivity index (χ3n) is 6.69. The molecule has 9 nitrogen and oxygen atoms in total. The summed E-state index contributed by atoms with van der Waals surface area (Å²) in [4.78, 5) is 0. The van der Waals surface area contributed by atoms with Crippen molar-refractivity contribution in [2.24, 2.45) is 10.8 Å². The van der Waals surface area contributed by atoms with E-state index in [1.807, 2.05) is 12.1 Å². The Hall–Kier alpha value is -4.26. The summed E-state index contributed by atoms with van der Waals surface area (Å²) >= 11 is 0. The molecular formula is C25H22N4O5. The first-order valence-electron chi connectivity index (χ1n) is 10.4. The van der Waals surface area contributed by atoms with Gasteiger partial charge in [0.25, 0.3) is 0 Å². The van der Waals surface area contributed by atoms with Gasteiger partial charge in [-0.15, -0.1) is 0 Å². The van der Waals surface area contributed by atoms with Crippen LogP contribution in [0.4, 0.5) is 0 Å². The monoisotopic (exact) mass is 458 g/mol. The van der Waals surface area contributed by atoms with Crippen LogP contribution >= 0.6 is 0 Å². The Kier molecular flexibility index (Phi) is 5.36. The van der Waals surface area contributed by atoms with Crippen LogP contribution in [0.2, 0.25) is 0 Å². The van der Waals surface area contributed by atoms with Crippen LogP contribution < -0.4 is 14.2 Å². The largest absolute Gasteiger partial charge is 0.497 e. The molecule has 0 saturated carbocycles. The second-order valence-corrected chi connectivity index (χ2v) is 8.18. The Morgan fingerprint density at radius 1 is 0.882 bits per heavy atom. The van der Waals surface area contributed by atoms with Gasteiger partial charge in [0.1, 0.15) is 23.4 Å². The van der Waals surface area contributed by atoms with Crippen LogP contribution in [0, 0.1) is 50.2 Å². The molecule has 4 rings (SSSR count). The van der Waals surface area contributed by atoms with Crippen molar-refractivity contribution in [1.29, 1.82) is 21.2 Å². The molecule has 0 radical (unpaired) electrons. The highest BCUT2D eigenvalue weighted by atomic mass is 16.7. The number of ether oxygens (including phenoxy) is 5. The maximum atomic E-state index is 10.6. The number of hydrogen-bond donors (Lipinski definition) is 1. The van der Waals surface area contributed by atoms with E-state index in [1.54, 1.807) is 49.4 Å². The third-order valence-corrected chi connectivity index (χ3v) is 6.69. The van der Waals surface area contributed by atoms with Crippen molar-refractivity contribution in [1.82, 2.24) is 0 Å². The van der Waals surface area contributed by atoms with Crippen LogP contribution in [0.1, 0.15) is 30.1 Å². The zero-order valence-electron chi connectivity index (χ0n) is 19.1. The van der Waals surface area contributed by atoms with Gasteiger partial charge in [-0.1, -0.05) is 18.2 Å². The van der Waals surface area contributed by atoms with E-state index in [-0.39, 0.29) is 0 Å². The van der Waals surface area contributed by atoms with Crippen LogP contribution in [-0.4, -0.2) is 33.0 Å². The first kappa shape index (κ1) is 22.9. The molecule has 0 aliphatic carbocycles. The van der Waals surface area contributed by atoms with E-state index < -0.39 is 34.5 Å². The number of hydrogen-bond acceptors (Lipinski definition) is 9. The molecule has 2 fully saturated rings. The summed E-state index contributed by atoms with van der Waals surface area (Å²) in [5.74, 6) is -1.85. The van der Waals surface area contributed by atoms with Gasteiger partial charge in [0.2, 0.25) is 17.1 Å². The van der Waals surface area contributed by atoms with Gasteiger partial charge in [0.05, 0.1) is 45.5 Å². The van der Waals surface area contributed by atoms with Crippen molar-refractivity contribution in [2.45, 2.75) is 24.7 Å². The molecule has 4 atom stereocenters. The normalized spacial score (nSPS) is 28.6. The Morgan fingerprint density at radius 2 is 1.56 bits per heavy atom. The summed E-state index contributed by atoms with van der Waals surface area (Å²) in [6.07, 6.45) is -1.28. The fraction of sp³-hybridized carbons (Fsp3) is 0.360. The third kappa shape index (κ3) is 2.70. The number of nitrogens with zero attached hydrogens (tertiary/aromatic N) is 3. The quantitative estimate of drug-likeness (QED) is 0.712. The van der Waals surface area contributed by atoms with Crippen LogP contribution in [0.25, 0.3) is 0 Å². The lowest BCUT2D eigenvalue weighted by molar-refractivity contribution is -0.254. The van der Waals surface area contributed by atoms with Crippen molar-refractivity contribution < 1.29 is 23.7 Å². The topological polar surface area (TPSA) is 141 Å². The van der Waals surface area contributed by atoms with Gasteiger partial charge < -0.3 is 23.7 Å². The van der Waals surface area contributed by atoms with Crippen molar-refractivity contribution in [3.05, 3.63) is 53.6 Å². The number of rotatable bonds is 5. The van der Waals surface area contributed by atoms with E-state index in [9.17, 15) is 15.8 Å². The van der Waals surface area contributed by atoms with Crippen molar-refractivity contribution in [3.8, 4) is 35.5 Å². The molecule has 2 saturated heterocycles. The van der Waals surface area contributed by atoms with Gasteiger partial charge in [0, 0.05) is 24.1 Å². The minimum atomic E-state index is -2.16.